The number of hydrogen-bond donors (Lipinski definition) is 0. The van der Waals surface area contributed by atoms with Crippen molar-refractivity contribution in [3.8, 4) is 5.75 Å². The maximum absolute atomic E-state index is 12.5. The van der Waals surface area contributed by atoms with Crippen LogP contribution < -0.4 is 4.74 Å². The van der Waals surface area contributed by atoms with E-state index >= 15 is 0 Å². The normalized spacial score (nSPS) is 21.7. The third kappa shape index (κ3) is 3.13. The predicted molar refractivity (Wildman–Crippen MR) is 92.5 cm³/mol. The Kier molecular flexibility index (Phi) is 5.45. The van der Waals surface area contributed by atoms with E-state index in [9.17, 15) is 4.79 Å². The highest BCUT2D eigenvalue weighted by molar-refractivity contribution is 9.09. The van der Waals surface area contributed by atoms with Crippen LogP contribution in [0.1, 0.15) is 32.3 Å². The van der Waals surface area contributed by atoms with E-state index in [-0.39, 0.29) is 17.3 Å². The molecule has 1 aliphatic rings. The van der Waals surface area contributed by atoms with Crippen molar-refractivity contribution in [1.82, 2.24) is 0 Å². The van der Waals surface area contributed by atoms with Crippen LogP contribution in [0.25, 0.3) is 5.57 Å². The second kappa shape index (κ2) is 6.97. The van der Waals surface area contributed by atoms with E-state index in [1.807, 2.05) is 31.2 Å². The number of rotatable bonds is 5. The van der Waals surface area contributed by atoms with Gasteiger partial charge in [0, 0.05) is 24.4 Å². The molecule has 0 saturated carbocycles. The van der Waals surface area contributed by atoms with Crippen molar-refractivity contribution in [2.24, 2.45) is 5.92 Å². The van der Waals surface area contributed by atoms with Crippen LogP contribution in [0.4, 0.5) is 0 Å². The van der Waals surface area contributed by atoms with Crippen LogP contribution in [-0.2, 0) is 9.53 Å². The van der Waals surface area contributed by atoms with Crippen molar-refractivity contribution in [2.45, 2.75) is 32.3 Å². The average Bonchev–Trinajstić information content (AvgIpc) is 2.56. The number of carbonyl (C=O) groups excluding carboxylic acids is 1. The van der Waals surface area contributed by atoms with Gasteiger partial charge in [-0.05, 0) is 43.4 Å². The fraction of sp³-hybridized carbons (Fsp3) is 0.500. The molecule has 0 saturated heterocycles. The summed E-state index contributed by atoms with van der Waals surface area (Å²) in [7, 11) is 3.37. The molecule has 0 N–H and O–H groups in total. The Morgan fingerprint density at radius 2 is 1.95 bits per heavy atom. The third-order valence-electron chi connectivity index (χ3n) is 4.78. The van der Waals surface area contributed by atoms with Crippen molar-refractivity contribution in [2.75, 3.05) is 19.5 Å². The number of carbonyl (C=O) groups is 1. The number of ketones is 1. The monoisotopic (exact) mass is 366 g/mol. The highest BCUT2D eigenvalue weighted by Gasteiger charge is 2.39. The highest BCUT2D eigenvalue weighted by Crippen LogP contribution is 2.42. The smallest absolute Gasteiger partial charge is 0.159 e. The van der Waals surface area contributed by atoms with Gasteiger partial charge in [0.1, 0.15) is 5.75 Å². The minimum Gasteiger partial charge on any atom is -0.496 e. The summed E-state index contributed by atoms with van der Waals surface area (Å²) in [6.45, 7) is 3.97. The summed E-state index contributed by atoms with van der Waals surface area (Å²) >= 11 is 3.53. The highest BCUT2D eigenvalue weighted by atomic mass is 79.9. The van der Waals surface area contributed by atoms with Gasteiger partial charge in [-0.25, -0.2) is 0 Å². The van der Waals surface area contributed by atoms with Gasteiger partial charge in [0.15, 0.2) is 5.78 Å². The average molecular weight is 367 g/mol. The van der Waals surface area contributed by atoms with Gasteiger partial charge in [-0.15, -0.1) is 0 Å². The van der Waals surface area contributed by atoms with E-state index in [1.165, 1.54) is 0 Å². The Morgan fingerprint density at radius 3 is 2.55 bits per heavy atom. The van der Waals surface area contributed by atoms with Gasteiger partial charge in [0.2, 0.25) is 0 Å². The van der Waals surface area contributed by atoms with E-state index in [1.54, 1.807) is 14.2 Å². The van der Waals surface area contributed by atoms with Crippen LogP contribution in [-0.4, -0.2) is 30.9 Å². The van der Waals surface area contributed by atoms with Crippen molar-refractivity contribution >= 4 is 27.3 Å². The maximum atomic E-state index is 12.5. The van der Waals surface area contributed by atoms with E-state index in [2.05, 4.69) is 22.9 Å². The molecule has 0 heterocycles. The van der Waals surface area contributed by atoms with Crippen LogP contribution >= 0.6 is 15.9 Å². The molecule has 0 amide bonds. The summed E-state index contributed by atoms with van der Waals surface area (Å²) in [5.41, 5.74) is 2.56. The van der Waals surface area contributed by atoms with E-state index < -0.39 is 0 Å². The number of ether oxygens (including phenoxy) is 2. The molecule has 0 bridgehead atoms. The zero-order chi connectivity index (χ0) is 16.3. The molecule has 1 aromatic rings. The van der Waals surface area contributed by atoms with Crippen molar-refractivity contribution < 1.29 is 14.3 Å². The number of methoxy groups -OCH3 is 2. The van der Waals surface area contributed by atoms with Crippen LogP contribution in [0.15, 0.2) is 29.8 Å². The second-order valence-corrected chi connectivity index (χ2v) is 6.54. The minimum atomic E-state index is -0.358. The zero-order valence-corrected chi connectivity index (χ0v) is 15.2. The Hall–Kier alpha value is -1.13. The lowest BCUT2D eigenvalue weighted by Crippen LogP contribution is -2.41. The lowest BCUT2D eigenvalue weighted by molar-refractivity contribution is -0.119. The Bertz CT molecular complexity index is 588. The molecule has 3 nitrogen and oxygen atoms in total. The van der Waals surface area contributed by atoms with Gasteiger partial charge in [-0.1, -0.05) is 34.1 Å². The van der Waals surface area contributed by atoms with Gasteiger partial charge in [-0.2, -0.15) is 0 Å². The zero-order valence-electron chi connectivity index (χ0n) is 13.6. The van der Waals surface area contributed by atoms with Crippen molar-refractivity contribution in [1.29, 1.82) is 0 Å². The van der Waals surface area contributed by atoms with Crippen LogP contribution in [0.2, 0.25) is 0 Å². The molecule has 0 fully saturated rings. The summed E-state index contributed by atoms with van der Waals surface area (Å²) in [5, 5.41) is 0.701. The van der Waals surface area contributed by atoms with E-state index in [0.717, 1.165) is 28.9 Å². The topological polar surface area (TPSA) is 35.5 Å². The van der Waals surface area contributed by atoms with E-state index in [0.29, 0.717) is 11.8 Å². The number of hydrogen-bond acceptors (Lipinski definition) is 3. The van der Waals surface area contributed by atoms with Crippen LogP contribution in [0.5, 0.6) is 5.75 Å². The van der Waals surface area contributed by atoms with Gasteiger partial charge >= 0.3 is 0 Å². The fourth-order valence-electron chi connectivity index (χ4n) is 2.98. The number of para-hydroxylation sites is 1. The first kappa shape index (κ1) is 17.2. The molecule has 0 spiro atoms. The molecule has 120 valence electrons. The third-order valence-corrected chi connectivity index (χ3v) is 5.89. The number of Topliss-reactive ketones (excluding diaryl/α,β-unsaturated/α-hetero) is 1. The summed E-state index contributed by atoms with van der Waals surface area (Å²) < 4.78 is 11.2. The Balaban J connectivity index is 2.46. The molecule has 4 heteroatoms. The van der Waals surface area contributed by atoms with Gasteiger partial charge in [0.05, 0.1) is 12.7 Å². The molecule has 1 aliphatic carbocycles. The van der Waals surface area contributed by atoms with Crippen LogP contribution in [0.3, 0.4) is 0 Å². The largest absolute Gasteiger partial charge is 0.496 e. The van der Waals surface area contributed by atoms with Gasteiger partial charge < -0.3 is 9.47 Å². The molecule has 2 rings (SSSR count). The van der Waals surface area contributed by atoms with Gasteiger partial charge in [-0.3, -0.25) is 4.79 Å². The summed E-state index contributed by atoms with van der Waals surface area (Å²) in [6.07, 6.45) is 1.34. The summed E-state index contributed by atoms with van der Waals surface area (Å²) in [5.74, 6) is 1.15. The van der Waals surface area contributed by atoms with E-state index in [4.69, 9.17) is 9.47 Å². The molecular formula is C18H23BrO3. The molecule has 1 aromatic carbocycles. The lowest BCUT2D eigenvalue weighted by atomic mass is 9.74. The first-order chi connectivity index (χ1) is 10.5. The number of allylic oxidation sites excluding steroid dienone is 2. The standard InChI is InChI=1S/C18H23BrO3/c1-12-15(14-7-5-6-8-17(14)21-3)9-13(10-16(12)20)18(2,11-19)22-4/h5-8,13H,9-11H2,1-4H3/t13-,18?/m1/s1. The number of alkyl halides is 1. The Morgan fingerprint density at radius 1 is 1.27 bits per heavy atom. The number of halogens is 1. The molecule has 22 heavy (non-hydrogen) atoms. The molecule has 0 aromatic heterocycles. The predicted octanol–water partition coefficient (Wildman–Crippen LogP) is 4.25. The minimum absolute atomic E-state index is 0.146. The summed E-state index contributed by atoms with van der Waals surface area (Å²) in [6, 6.07) is 7.87. The lowest BCUT2D eigenvalue weighted by Gasteiger charge is -2.38. The van der Waals surface area contributed by atoms with Crippen molar-refractivity contribution in [3.05, 3.63) is 35.4 Å². The maximum Gasteiger partial charge on any atom is 0.159 e. The molecule has 0 radical (unpaired) electrons. The molecule has 0 aliphatic heterocycles. The van der Waals surface area contributed by atoms with Gasteiger partial charge in [0.25, 0.3) is 0 Å². The first-order valence-corrected chi connectivity index (χ1v) is 8.56. The summed E-state index contributed by atoms with van der Waals surface area (Å²) in [4.78, 5) is 12.5. The van der Waals surface area contributed by atoms with Crippen molar-refractivity contribution in [3.63, 3.8) is 0 Å². The quantitative estimate of drug-likeness (QED) is 0.730. The molecule has 1 unspecified atom stereocenters. The fourth-order valence-corrected chi connectivity index (χ4v) is 3.67. The second-order valence-electron chi connectivity index (χ2n) is 5.98. The SMILES string of the molecule is COc1ccccc1C1=C(C)C(=O)C[C@H](C(C)(CBr)OC)C1. The number of benzene rings is 1. The molecule has 2 atom stereocenters. The molecular weight excluding hydrogens is 344 g/mol. The van der Waals surface area contributed by atoms with Crippen LogP contribution in [0, 0.1) is 5.92 Å². The Labute approximate surface area is 140 Å². The first-order valence-electron chi connectivity index (χ1n) is 7.44.